The first-order chi connectivity index (χ1) is 9.61. The Morgan fingerprint density at radius 1 is 1.30 bits per heavy atom. The van der Waals surface area contributed by atoms with Crippen molar-refractivity contribution in [3.05, 3.63) is 23.4 Å². The lowest BCUT2D eigenvalue weighted by atomic mass is 9.97. The predicted octanol–water partition coefficient (Wildman–Crippen LogP) is 3.56. The Hall–Kier alpha value is -1.58. The van der Waals surface area contributed by atoms with Crippen molar-refractivity contribution >= 4 is 11.8 Å². The van der Waals surface area contributed by atoms with Gasteiger partial charge in [-0.1, -0.05) is 26.2 Å². The fourth-order valence-electron chi connectivity index (χ4n) is 2.86. The minimum absolute atomic E-state index is 0.329. The number of ether oxygens (including phenoxy) is 1. The molecule has 1 aliphatic carbocycles. The van der Waals surface area contributed by atoms with Crippen LogP contribution in [0.15, 0.2) is 12.1 Å². The molecule has 0 aromatic carbocycles. The first-order valence-corrected chi connectivity index (χ1v) is 7.44. The number of nitrogens with zero attached hydrogens (tertiary/aromatic N) is 1. The fourth-order valence-corrected chi connectivity index (χ4v) is 2.86. The van der Waals surface area contributed by atoms with E-state index in [0.29, 0.717) is 23.2 Å². The molecule has 4 nitrogen and oxygen atoms in total. The van der Waals surface area contributed by atoms with E-state index in [4.69, 9.17) is 4.74 Å². The molecule has 1 saturated carbocycles. The van der Waals surface area contributed by atoms with Crippen LogP contribution in [0.25, 0.3) is 0 Å². The van der Waals surface area contributed by atoms with Gasteiger partial charge in [0, 0.05) is 6.04 Å². The van der Waals surface area contributed by atoms with E-state index in [0.717, 1.165) is 5.82 Å². The highest BCUT2D eigenvalue weighted by atomic mass is 16.5. The molecule has 0 radical (unpaired) electrons. The highest BCUT2D eigenvalue weighted by Crippen LogP contribution is 2.25. The molecule has 0 bridgehead atoms. The quantitative estimate of drug-likeness (QED) is 0.677. The second kappa shape index (κ2) is 6.73. The normalized spacial score (nSPS) is 22.9. The first-order valence-electron chi connectivity index (χ1n) is 7.44. The number of rotatable bonds is 3. The standard InChI is InChI=1S/C16H24N2O2/c1-11-7-5-4-6-8-14(11)18-15-10-9-13(12(2)17-15)16(19)20-3/h9-11,14H,4-8H2,1-3H3,(H,17,18). The molecule has 110 valence electrons. The molecular formula is C16H24N2O2. The van der Waals surface area contributed by atoms with Crippen LogP contribution >= 0.6 is 0 Å². The third-order valence-corrected chi connectivity index (χ3v) is 4.19. The summed E-state index contributed by atoms with van der Waals surface area (Å²) >= 11 is 0. The lowest BCUT2D eigenvalue weighted by Gasteiger charge is -2.23. The summed E-state index contributed by atoms with van der Waals surface area (Å²) in [5.41, 5.74) is 1.25. The minimum Gasteiger partial charge on any atom is -0.465 e. The molecule has 0 spiro atoms. The van der Waals surface area contributed by atoms with Gasteiger partial charge in [0.25, 0.3) is 0 Å². The van der Waals surface area contributed by atoms with E-state index in [9.17, 15) is 4.79 Å². The number of methoxy groups -OCH3 is 1. The van der Waals surface area contributed by atoms with Gasteiger partial charge in [-0.25, -0.2) is 9.78 Å². The lowest BCUT2D eigenvalue weighted by molar-refractivity contribution is 0.0599. The Morgan fingerprint density at radius 2 is 2.05 bits per heavy atom. The number of carbonyl (C=O) groups excluding carboxylic acids is 1. The third-order valence-electron chi connectivity index (χ3n) is 4.19. The molecule has 0 saturated heterocycles. The van der Waals surface area contributed by atoms with Gasteiger partial charge in [0.05, 0.1) is 18.4 Å². The van der Waals surface area contributed by atoms with Gasteiger partial charge in [-0.15, -0.1) is 0 Å². The molecule has 1 aromatic heterocycles. The lowest BCUT2D eigenvalue weighted by Crippen LogP contribution is -2.26. The number of aryl methyl sites for hydroxylation is 1. The van der Waals surface area contributed by atoms with Crippen LogP contribution in [0.4, 0.5) is 5.82 Å². The molecular weight excluding hydrogens is 252 g/mol. The minimum atomic E-state index is -0.329. The number of anilines is 1. The van der Waals surface area contributed by atoms with Crippen molar-refractivity contribution in [2.24, 2.45) is 5.92 Å². The van der Waals surface area contributed by atoms with Crippen LogP contribution in [-0.4, -0.2) is 24.1 Å². The number of hydrogen-bond acceptors (Lipinski definition) is 4. The molecule has 1 heterocycles. The van der Waals surface area contributed by atoms with Crippen molar-refractivity contribution in [2.75, 3.05) is 12.4 Å². The SMILES string of the molecule is COC(=O)c1ccc(NC2CCCCCC2C)nc1C. The van der Waals surface area contributed by atoms with Gasteiger partial charge in [-0.3, -0.25) is 0 Å². The summed E-state index contributed by atoms with van der Waals surface area (Å²) in [6.45, 7) is 4.15. The van der Waals surface area contributed by atoms with E-state index in [1.54, 1.807) is 6.07 Å². The number of nitrogens with one attached hydrogen (secondary N) is 1. The fraction of sp³-hybridized carbons (Fsp3) is 0.625. The zero-order valence-electron chi connectivity index (χ0n) is 12.6. The van der Waals surface area contributed by atoms with Gasteiger partial charge in [0.15, 0.2) is 0 Å². The number of carbonyl (C=O) groups is 1. The molecule has 20 heavy (non-hydrogen) atoms. The summed E-state index contributed by atoms with van der Waals surface area (Å²) in [7, 11) is 1.39. The van der Waals surface area contributed by atoms with E-state index >= 15 is 0 Å². The topological polar surface area (TPSA) is 51.2 Å². The summed E-state index contributed by atoms with van der Waals surface area (Å²) in [5, 5.41) is 3.53. The molecule has 2 rings (SSSR count). The Morgan fingerprint density at radius 3 is 2.75 bits per heavy atom. The largest absolute Gasteiger partial charge is 0.465 e. The maximum absolute atomic E-state index is 11.6. The van der Waals surface area contributed by atoms with Gasteiger partial charge in [-0.2, -0.15) is 0 Å². The van der Waals surface area contributed by atoms with Crippen molar-refractivity contribution in [2.45, 2.75) is 52.0 Å². The van der Waals surface area contributed by atoms with Crippen LogP contribution in [-0.2, 0) is 4.74 Å². The van der Waals surface area contributed by atoms with Gasteiger partial charge < -0.3 is 10.1 Å². The molecule has 4 heteroatoms. The molecule has 1 aromatic rings. The van der Waals surface area contributed by atoms with Crippen molar-refractivity contribution in [3.63, 3.8) is 0 Å². The van der Waals surface area contributed by atoms with Gasteiger partial charge in [0.2, 0.25) is 0 Å². The maximum atomic E-state index is 11.6. The summed E-state index contributed by atoms with van der Waals surface area (Å²) in [4.78, 5) is 16.0. The van der Waals surface area contributed by atoms with Gasteiger partial charge >= 0.3 is 5.97 Å². The highest BCUT2D eigenvalue weighted by molar-refractivity contribution is 5.90. The van der Waals surface area contributed by atoms with Gasteiger partial charge in [-0.05, 0) is 37.8 Å². The van der Waals surface area contributed by atoms with Gasteiger partial charge in [0.1, 0.15) is 5.82 Å². The number of aromatic nitrogens is 1. The predicted molar refractivity (Wildman–Crippen MR) is 80.0 cm³/mol. The Bertz CT molecular complexity index is 474. The first kappa shape index (κ1) is 14.8. The summed E-state index contributed by atoms with van der Waals surface area (Å²) < 4.78 is 4.74. The molecule has 2 atom stereocenters. The second-order valence-corrected chi connectivity index (χ2v) is 5.69. The van der Waals surface area contributed by atoms with Crippen LogP contribution in [0.3, 0.4) is 0 Å². The molecule has 0 amide bonds. The number of esters is 1. The van der Waals surface area contributed by atoms with Crippen LogP contribution in [0.1, 0.15) is 55.1 Å². The molecule has 0 aliphatic heterocycles. The molecule has 1 N–H and O–H groups in total. The highest BCUT2D eigenvalue weighted by Gasteiger charge is 2.20. The zero-order valence-corrected chi connectivity index (χ0v) is 12.6. The van der Waals surface area contributed by atoms with Crippen molar-refractivity contribution in [3.8, 4) is 0 Å². The average Bonchev–Trinajstić information content (AvgIpc) is 2.64. The van der Waals surface area contributed by atoms with E-state index in [1.165, 1.54) is 39.2 Å². The van der Waals surface area contributed by atoms with E-state index in [1.807, 2.05) is 13.0 Å². The van der Waals surface area contributed by atoms with E-state index < -0.39 is 0 Å². The van der Waals surface area contributed by atoms with E-state index in [-0.39, 0.29) is 5.97 Å². The Balaban J connectivity index is 2.09. The third kappa shape index (κ3) is 3.50. The van der Waals surface area contributed by atoms with Crippen molar-refractivity contribution in [1.82, 2.24) is 4.98 Å². The second-order valence-electron chi connectivity index (χ2n) is 5.69. The van der Waals surface area contributed by atoms with Crippen molar-refractivity contribution < 1.29 is 9.53 Å². The Kier molecular flexibility index (Phi) is 4.99. The monoisotopic (exact) mass is 276 g/mol. The molecule has 1 aliphatic rings. The zero-order chi connectivity index (χ0) is 14.5. The Labute approximate surface area is 120 Å². The molecule has 2 unspecified atom stereocenters. The van der Waals surface area contributed by atoms with Crippen LogP contribution in [0.5, 0.6) is 0 Å². The van der Waals surface area contributed by atoms with Crippen LogP contribution in [0, 0.1) is 12.8 Å². The van der Waals surface area contributed by atoms with E-state index in [2.05, 4.69) is 17.2 Å². The van der Waals surface area contributed by atoms with Crippen molar-refractivity contribution in [1.29, 1.82) is 0 Å². The van der Waals surface area contributed by atoms with Crippen LogP contribution in [0.2, 0.25) is 0 Å². The average molecular weight is 276 g/mol. The molecule has 1 fully saturated rings. The summed E-state index contributed by atoms with van der Waals surface area (Å²) in [6.07, 6.45) is 6.40. The summed E-state index contributed by atoms with van der Waals surface area (Å²) in [6, 6.07) is 4.14. The number of pyridine rings is 1. The summed E-state index contributed by atoms with van der Waals surface area (Å²) in [5.74, 6) is 1.19. The smallest absolute Gasteiger partial charge is 0.339 e. The van der Waals surface area contributed by atoms with Crippen LogP contribution < -0.4 is 5.32 Å². The maximum Gasteiger partial charge on any atom is 0.339 e. The number of hydrogen-bond donors (Lipinski definition) is 1.